The number of esters is 1. The molecule has 1 aromatic rings. The van der Waals surface area contributed by atoms with Gasteiger partial charge in [-0.3, -0.25) is 4.79 Å². The highest BCUT2D eigenvalue weighted by Gasteiger charge is 1.95. The number of hydrogen-bond donors (Lipinski definition) is 0. The van der Waals surface area contributed by atoms with E-state index < -0.39 is 0 Å². The first-order chi connectivity index (χ1) is 7.68. The Morgan fingerprint density at radius 1 is 1.31 bits per heavy atom. The van der Waals surface area contributed by atoms with Gasteiger partial charge in [-0.1, -0.05) is 23.8 Å². The highest BCUT2D eigenvalue weighted by molar-refractivity contribution is 7.99. The van der Waals surface area contributed by atoms with Crippen molar-refractivity contribution in [2.45, 2.75) is 18.7 Å². The normalized spacial score (nSPS) is 11.2. The lowest BCUT2D eigenvalue weighted by molar-refractivity contribution is -0.139. The van der Waals surface area contributed by atoms with Crippen LogP contribution in [0.25, 0.3) is 0 Å². The van der Waals surface area contributed by atoms with E-state index in [1.54, 1.807) is 11.8 Å². The fourth-order valence-corrected chi connectivity index (χ4v) is 1.94. The Morgan fingerprint density at radius 2 is 2.00 bits per heavy atom. The quantitative estimate of drug-likeness (QED) is 0.446. The molecule has 0 atom stereocenters. The van der Waals surface area contributed by atoms with Gasteiger partial charge in [0.15, 0.2) is 0 Å². The first kappa shape index (κ1) is 12.8. The summed E-state index contributed by atoms with van der Waals surface area (Å²) in [5.41, 5.74) is 1.22. The van der Waals surface area contributed by atoms with Gasteiger partial charge < -0.3 is 4.74 Å². The Hall–Kier alpha value is -1.22. The van der Waals surface area contributed by atoms with Crippen LogP contribution in [0.4, 0.5) is 0 Å². The van der Waals surface area contributed by atoms with Crippen LogP contribution in [-0.4, -0.2) is 18.3 Å². The van der Waals surface area contributed by atoms with E-state index in [1.807, 2.05) is 31.2 Å². The van der Waals surface area contributed by atoms with Crippen LogP contribution in [-0.2, 0) is 9.53 Å². The van der Waals surface area contributed by atoms with Gasteiger partial charge >= 0.3 is 5.97 Å². The standard InChI is InChI=1S/C13H16O2S/c1-11(8-9-15-12(2)14)10-16-13-6-4-3-5-7-13/h3-8H,9-10H2,1-2H3/b11-8+. The minimum atomic E-state index is -0.236. The number of carbonyl (C=O) groups is 1. The minimum Gasteiger partial charge on any atom is -0.462 e. The van der Waals surface area contributed by atoms with Gasteiger partial charge in [-0.25, -0.2) is 0 Å². The molecule has 2 nitrogen and oxygen atoms in total. The van der Waals surface area contributed by atoms with Crippen molar-refractivity contribution in [1.29, 1.82) is 0 Å². The molecule has 1 aromatic carbocycles. The van der Waals surface area contributed by atoms with Gasteiger partial charge in [0.2, 0.25) is 0 Å². The van der Waals surface area contributed by atoms with Gasteiger partial charge in [0.1, 0.15) is 6.61 Å². The number of thioether (sulfide) groups is 1. The van der Waals surface area contributed by atoms with E-state index in [0.717, 1.165) is 5.75 Å². The van der Waals surface area contributed by atoms with Crippen LogP contribution in [0.5, 0.6) is 0 Å². The molecule has 3 heteroatoms. The molecule has 0 N–H and O–H groups in total. The van der Waals surface area contributed by atoms with E-state index in [4.69, 9.17) is 4.74 Å². The van der Waals surface area contributed by atoms with Gasteiger partial charge in [0.05, 0.1) is 0 Å². The van der Waals surface area contributed by atoms with Crippen molar-refractivity contribution in [1.82, 2.24) is 0 Å². The molecular weight excluding hydrogens is 220 g/mol. The molecule has 0 aromatic heterocycles. The molecule has 1 rings (SSSR count). The molecule has 0 aliphatic rings. The first-order valence-electron chi connectivity index (χ1n) is 5.15. The molecule has 0 bridgehead atoms. The minimum absolute atomic E-state index is 0.236. The average Bonchev–Trinajstić information content (AvgIpc) is 2.27. The SMILES string of the molecule is CC(=O)OC/C=C(\C)CSc1ccccc1. The van der Waals surface area contributed by atoms with Gasteiger partial charge in [-0.15, -0.1) is 11.8 Å². The molecule has 16 heavy (non-hydrogen) atoms. The third kappa shape index (κ3) is 5.61. The van der Waals surface area contributed by atoms with E-state index in [2.05, 4.69) is 12.1 Å². The van der Waals surface area contributed by atoms with E-state index in [0.29, 0.717) is 6.61 Å². The Balaban J connectivity index is 2.29. The lowest BCUT2D eigenvalue weighted by Gasteiger charge is -2.02. The molecule has 0 aliphatic carbocycles. The number of hydrogen-bond acceptors (Lipinski definition) is 3. The summed E-state index contributed by atoms with van der Waals surface area (Å²) < 4.78 is 4.84. The van der Waals surface area contributed by atoms with Crippen molar-refractivity contribution >= 4 is 17.7 Å². The highest BCUT2D eigenvalue weighted by Crippen LogP contribution is 2.19. The van der Waals surface area contributed by atoms with Crippen molar-refractivity contribution in [2.24, 2.45) is 0 Å². The zero-order valence-corrected chi connectivity index (χ0v) is 10.4. The number of carbonyl (C=O) groups excluding carboxylic acids is 1. The smallest absolute Gasteiger partial charge is 0.302 e. The van der Waals surface area contributed by atoms with Gasteiger partial charge in [0, 0.05) is 17.6 Å². The maximum Gasteiger partial charge on any atom is 0.302 e. The molecule has 0 heterocycles. The summed E-state index contributed by atoms with van der Waals surface area (Å²) in [7, 11) is 0. The zero-order valence-electron chi connectivity index (χ0n) is 9.60. The van der Waals surface area contributed by atoms with Crippen molar-refractivity contribution in [3.8, 4) is 0 Å². The summed E-state index contributed by atoms with van der Waals surface area (Å²) in [6, 6.07) is 10.2. The molecule has 0 fully saturated rings. The van der Waals surface area contributed by atoms with Gasteiger partial charge in [-0.2, -0.15) is 0 Å². The predicted octanol–water partition coefficient (Wildman–Crippen LogP) is 3.29. The topological polar surface area (TPSA) is 26.3 Å². The summed E-state index contributed by atoms with van der Waals surface area (Å²) in [6.45, 7) is 3.83. The second-order valence-corrected chi connectivity index (χ2v) is 4.50. The summed E-state index contributed by atoms with van der Waals surface area (Å²) in [5.74, 6) is 0.686. The van der Waals surface area contributed by atoms with E-state index in [9.17, 15) is 4.79 Å². The Kier molecular flexibility index (Phi) is 5.72. The molecule has 0 unspecified atom stereocenters. The van der Waals surface area contributed by atoms with Crippen LogP contribution in [0.2, 0.25) is 0 Å². The van der Waals surface area contributed by atoms with E-state index >= 15 is 0 Å². The van der Waals surface area contributed by atoms with Gasteiger partial charge in [-0.05, 0) is 25.1 Å². The summed E-state index contributed by atoms with van der Waals surface area (Å²) >= 11 is 1.78. The molecule has 0 amide bonds. The van der Waals surface area contributed by atoms with Crippen LogP contribution in [0.15, 0.2) is 46.9 Å². The number of rotatable bonds is 5. The van der Waals surface area contributed by atoms with Crippen LogP contribution >= 0.6 is 11.8 Å². The summed E-state index contributed by atoms with van der Waals surface area (Å²) in [5, 5.41) is 0. The van der Waals surface area contributed by atoms with Crippen LogP contribution in [0.1, 0.15) is 13.8 Å². The molecule has 0 spiro atoms. The Labute approximate surface area is 101 Å². The Bertz CT molecular complexity index is 357. The molecule has 0 saturated carbocycles. The van der Waals surface area contributed by atoms with Crippen molar-refractivity contribution in [3.05, 3.63) is 42.0 Å². The largest absolute Gasteiger partial charge is 0.462 e. The van der Waals surface area contributed by atoms with Crippen LogP contribution in [0.3, 0.4) is 0 Å². The van der Waals surface area contributed by atoms with Crippen LogP contribution < -0.4 is 0 Å². The molecule has 86 valence electrons. The van der Waals surface area contributed by atoms with E-state index in [1.165, 1.54) is 17.4 Å². The lowest BCUT2D eigenvalue weighted by Crippen LogP contribution is -1.98. The fraction of sp³-hybridized carbons (Fsp3) is 0.308. The van der Waals surface area contributed by atoms with Crippen molar-refractivity contribution < 1.29 is 9.53 Å². The summed E-state index contributed by atoms with van der Waals surface area (Å²) in [4.78, 5) is 11.8. The third-order valence-corrected chi connectivity index (χ3v) is 3.13. The van der Waals surface area contributed by atoms with Crippen LogP contribution in [0, 0.1) is 0 Å². The molecular formula is C13H16O2S. The van der Waals surface area contributed by atoms with Crippen molar-refractivity contribution in [2.75, 3.05) is 12.4 Å². The third-order valence-electron chi connectivity index (χ3n) is 1.93. The van der Waals surface area contributed by atoms with Crippen molar-refractivity contribution in [3.63, 3.8) is 0 Å². The number of benzene rings is 1. The first-order valence-corrected chi connectivity index (χ1v) is 6.14. The lowest BCUT2D eigenvalue weighted by atomic mass is 10.3. The molecule has 0 aliphatic heterocycles. The number of ether oxygens (including phenoxy) is 1. The predicted molar refractivity (Wildman–Crippen MR) is 67.6 cm³/mol. The zero-order chi connectivity index (χ0) is 11.8. The monoisotopic (exact) mass is 236 g/mol. The second kappa shape index (κ2) is 7.12. The molecule has 0 saturated heterocycles. The highest BCUT2D eigenvalue weighted by atomic mass is 32.2. The Morgan fingerprint density at radius 3 is 2.62 bits per heavy atom. The second-order valence-electron chi connectivity index (χ2n) is 3.45. The van der Waals surface area contributed by atoms with E-state index in [-0.39, 0.29) is 5.97 Å². The average molecular weight is 236 g/mol. The molecule has 0 radical (unpaired) electrons. The maximum absolute atomic E-state index is 10.5. The maximum atomic E-state index is 10.5. The van der Waals surface area contributed by atoms with Gasteiger partial charge in [0.25, 0.3) is 0 Å². The fourth-order valence-electron chi connectivity index (χ4n) is 1.07. The summed E-state index contributed by atoms with van der Waals surface area (Å²) in [6.07, 6.45) is 1.94.